The van der Waals surface area contributed by atoms with Crippen molar-refractivity contribution in [1.82, 2.24) is 8.94 Å². The Morgan fingerprint density at radius 2 is 1.78 bits per heavy atom. The van der Waals surface area contributed by atoms with Crippen molar-refractivity contribution in [3.05, 3.63) is 73.6 Å². The first-order valence-electron chi connectivity index (χ1n) is 6.56. The number of aromatic nitrogens is 2. The summed E-state index contributed by atoms with van der Waals surface area (Å²) in [6, 6.07) is 12.5. The van der Waals surface area contributed by atoms with E-state index in [4.69, 9.17) is 34.8 Å². The quantitative estimate of drug-likeness (QED) is 0.682. The maximum absolute atomic E-state index is 12.0. The number of hydrogen-bond donors (Lipinski definition) is 1. The molecule has 3 rings (SSSR count). The highest BCUT2D eigenvalue weighted by Gasteiger charge is 2.08. The molecule has 23 heavy (non-hydrogen) atoms. The fraction of sp³-hybridized carbons (Fsp3) is 0.0667. The Bertz CT molecular complexity index is 890. The Kier molecular flexibility index (Phi) is 4.92. The fourth-order valence-electron chi connectivity index (χ4n) is 1.91. The van der Waals surface area contributed by atoms with Crippen LogP contribution in [-0.2, 0) is 6.54 Å². The van der Waals surface area contributed by atoms with Crippen LogP contribution in [0.3, 0.4) is 0 Å². The molecule has 0 aliphatic rings. The number of nitrogens with one attached hydrogen (secondary N) is 1. The van der Waals surface area contributed by atoms with Gasteiger partial charge in [0.25, 0.3) is 0 Å². The molecule has 0 radical (unpaired) electrons. The molecular weight excluding hydrogens is 377 g/mol. The Labute approximate surface area is 151 Å². The number of halogens is 3. The number of anilines is 2. The van der Waals surface area contributed by atoms with Crippen molar-refractivity contribution in [3.63, 3.8) is 0 Å². The van der Waals surface area contributed by atoms with Crippen molar-refractivity contribution >= 4 is 57.2 Å². The monoisotopic (exact) mass is 385 g/mol. The molecule has 0 aliphatic heterocycles. The molecule has 4 nitrogen and oxygen atoms in total. The smallest absolute Gasteiger partial charge is 0.330 e. The molecule has 0 aliphatic carbocycles. The van der Waals surface area contributed by atoms with Gasteiger partial charge in [0, 0.05) is 10.7 Å². The van der Waals surface area contributed by atoms with Gasteiger partial charge in [-0.25, -0.2) is 8.75 Å². The summed E-state index contributed by atoms with van der Waals surface area (Å²) in [7, 11) is 0. The van der Waals surface area contributed by atoms with E-state index < -0.39 is 0 Å². The topological polar surface area (TPSA) is 46.9 Å². The van der Waals surface area contributed by atoms with Gasteiger partial charge in [-0.15, -0.1) is 0 Å². The van der Waals surface area contributed by atoms with E-state index in [-0.39, 0.29) is 5.69 Å². The predicted octanol–water partition coefficient (Wildman–Crippen LogP) is 5.06. The average Bonchev–Trinajstić information content (AvgIpc) is 2.85. The lowest BCUT2D eigenvalue weighted by molar-refractivity contribution is 0.823. The van der Waals surface area contributed by atoms with Crippen LogP contribution in [0.25, 0.3) is 0 Å². The number of rotatable bonds is 4. The second-order valence-electron chi connectivity index (χ2n) is 4.71. The van der Waals surface area contributed by atoms with Crippen molar-refractivity contribution < 1.29 is 0 Å². The number of nitrogens with zero attached hydrogens (tertiary/aromatic N) is 2. The largest absolute Gasteiger partial charge is 0.360 e. The summed E-state index contributed by atoms with van der Waals surface area (Å²) in [4.78, 5) is 16.0. The van der Waals surface area contributed by atoms with E-state index in [0.717, 1.165) is 5.56 Å². The van der Waals surface area contributed by atoms with Gasteiger partial charge in [-0.05, 0) is 47.4 Å². The lowest BCUT2D eigenvalue weighted by atomic mass is 10.2. The molecule has 3 aromatic rings. The highest BCUT2D eigenvalue weighted by atomic mass is 35.5. The van der Waals surface area contributed by atoms with Crippen molar-refractivity contribution in [2.75, 3.05) is 5.32 Å². The first-order valence-corrected chi connectivity index (χ1v) is 8.47. The second-order valence-corrected chi connectivity index (χ2v) is 6.97. The molecule has 0 fully saturated rings. The van der Waals surface area contributed by atoms with E-state index in [0.29, 0.717) is 32.4 Å². The van der Waals surface area contributed by atoms with E-state index >= 15 is 0 Å². The first kappa shape index (κ1) is 16.3. The molecule has 0 spiro atoms. The summed E-state index contributed by atoms with van der Waals surface area (Å²) in [5.74, 6) is 0. The number of hydrogen-bond acceptors (Lipinski definition) is 4. The van der Waals surface area contributed by atoms with Crippen LogP contribution in [0.2, 0.25) is 15.1 Å². The summed E-state index contributed by atoms with van der Waals surface area (Å²) in [6.07, 6.45) is 0. The summed E-state index contributed by atoms with van der Waals surface area (Å²) < 4.78 is 1.56. The van der Waals surface area contributed by atoms with Gasteiger partial charge in [0.15, 0.2) is 0 Å². The van der Waals surface area contributed by atoms with Crippen LogP contribution >= 0.6 is 46.3 Å². The normalized spacial score (nSPS) is 10.7. The molecule has 2 aromatic carbocycles. The second kappa shape index (κ2) is 6.93. The zero-order valence-electron chi connectivity index (χ0n) is 11.6. The fourth-order valence-corrected chi connectivity index (χ4v) is 3.16. The van der Waals surface area contributed by atoms with Gasteiger partial charge in [0.1, 0.15) is 0 Å². The zero-order valence-corrected chi connectivity index (χ0v) is 14.7. The molecule has 0 saturated heterocycles. The molecule has 0 unspecified atom stereocenters. The van der Waals surface area contributed by atoms with Gasteiger partial charge in [0.05, 0.1) is 16.6 Å². The maximum atomic E-state index is 12.0. The Balaban J connectivity index is 1.79. The van der Waals surface area contributed by atoms with Gasteiger partial charge in [0.2, 0.25) is 5.13 Å². The highest BCUT2D eigenvalue weighted by molar-refractivity contribution is 7.10. The summed E-state index contributed by atoms with van der Waals surface area (Å²) in [5.41, 5.74) is 1.38. The standard InChI is InChI=1S/C15H10Cl3N3OS/c16-10-3-1-9(2-4-10)8-21-15(22)20-14(23-21)19-11-5-6-12(17)13(18)7-11/h1-7H,8H2,(H,19,20,22). The first-order chi connectivity index (χ1) is 11.0. The molecule has 0 amide bonds. The minimum Gasteiger partial charge on any atom is -0.330 e. The van der Waals surface area contributed by atoms with E-state index in [1.54, 1.807) is 34.3 Å². The Hall–Kier alpha value is -1.53. The molecule has 118 valence electrons. The minimum atomic E-state index is -0.312. The van der Waals surface area contributed by atoms with Crippen LogP contribution in [0.5, 0.6) is 0 Å². The summed E-state index contributed by atoms with van der Waals surface area (Å²) >= 11 is 18.9. The summed E-state index contributed by atoms with van der Waals surface area (Å²) in [6.45, 7) is 0.441. The molecule has 1 aromatic heterocycles. The zero-order chi connectivity index (χ0) is 16.4. The minimum absolute atomic E-state index is 0.312. The molecule has 1 N–H and O–H groups in total. The number of benzene rings is 2. The average molecular weight is 387 g/mol. The van der Waals surface area contributed by atoms with Crippen LogP contribution in [-0.4, -0.2) is 8.94 Å². The van der Waals surface area contributed by atoms with Gasteiger partial charge in [-0.3, -0.25) is 0 Å². The van der Waals surface area contributed by atoms with Crippen LogP contribution in [0, 0.1) is 0 Å². The van der Waals surface area contributed by atoms with Gasteiger partial charge >= 0.3 is 5.69 Å². The predicted molar refractivity (Wildman–Crippen MR) is 96.7 cm³/mol. The van der Waals surface area contributed by atoms with Gasteiger partial charge in [-0.1, -0.05) is 46.9 Å². The van der Waals surface area contributed by atoms with Crippen LogP contribution in [0.1, 0.15) is 5.56 Å². The van der Waals surface area contributed by atoms with E-state index in [9.17, 15) is 4.79 Å². The molecule has 0 bridgehead atoms. The van der Waals surface area contributed by atoms with Crippen molar-refractivity contribution in [1.29, 1.82) is 0 Å². The van der Waals surface area contributed by atoms with Gasteiger partial charge in [-0.2, -0.15) is 4.98 Å². The van der Waals surface area contributed by atoms with E-state index in [1.165, 1.54) is 11.5 Å². The summed E-state index contributed by atoms with van der Waals surface area (Å²) in [5, 5.41) is 5.10. The third-order valence-corrected chi connectivity index (χ3v) is 4.88. The molecule has 8 heteroatoms. The molecule has 0 atom stereocenters. The molecule has 0 saturated carbocycles. The molecular formula is C15H10Cl3N3OS. The third-order valence-electron chi connectivity index (χ3n) is 3.02. The van der Waals surface area contributed by atoms with E-state index in [2.05, 4.69) is 10.3 Å². The van der Waals surface area contributed by atoms with Crippen molar-refractivity contribution in [3.8, 4) is 0 Å². The van der Waals surface area contributed by atoms with Crippen LogP contribution in [0.4, 0.5) is 10.8 Å². The lowest BCUT2D eigenvalue weighted by Gasteiger charge is -2.03. The highest BCUT2D eigenvalue weighted by Crippen LogP contribution is 2.27. The maximum Gasteiger partial charge on any atom is 0.360 e. The van der Waals surface area contributed by atoms with E-state index in [1.807, 2.05) is 12.1 Å². The van der Waals surface area contributed by atoms with Crippen molar-refractivity contribution in [2.45, 2.75) is 6.54 Å². The Morgan fingerprint density at radius 1 is 1.04 bits per heavy atom. The van der Waals surface area contributed by atoms with Crippen LogP contribution < -0.4 is 11.0 Å². The molecule has 1 heterocycles. The SMILES string of the molecule is O=c1nc(Nc2ccc(Cl)c(Cl)c2)sn1Cc1ccc(Cl)cc1. The van der Waals surface area contributed by atoms with Crippen molar-refractivity contribution in [2.24, 2.45) is 0 Å². The third kappa shape index (κ3) is 4.06. The Morgan fingerprint density at radius 3 is 2.48 bits per heavy atom. The lowest BCUT2D eigenvalue weighted by Crippen LogP contribution is -2.15. The van der Waals surface area contributed by atoms with Gasteiger partial charge < -0.3 is 5.32 Å². The van der Waals surface area contributed by atoms with Crippen LogP contribution in [0.15, 0.2) is 47.3 Å².